The summed E-state index contributed by atoms with van der Waals surface area (Å²) in [7, 11) is 2.29. The van der Waals surface area contributed by atoms with Gasteiger partial charge < -0.3 is 14.4 Å². The predicted molar refractivity (Wildman–Crippen MR) is 97.6 cm³/mol. The minimum atomic E-state index is -0.877. The quantitative estimate of drug-likeness (QED) is 0.399. The molecule has 0 saturated carbocycles. The number of methoxy groups -OCH3 is 2. The van der Waals surface area contributed by atoms with Crippen molar-refractivity contribution in [3.63, 3.8) is 0 Å². The molecule has 0 amide bonds. The van der Waals surface area contributed by atoms with E-state index >= 15 is 0 Å². The zero-order valence-electron chi connectivity index (χ0n) is 13.6. The number of carbonyl (C=O) groups excluding carboxylic acids is 2. The van der Waals surface area contributed by atoms with Crippen LogP contribution in [0.3, 0.4) is 0 Å². The van der Waals surface area contributed by atoms with E-state index in [1.54, 1.807) is 0 Å². The molecule has 1 aliphatic rings. The molecule has 0 bridgehead atoms. The fourth-order valence-corrected chi connectivity index (χ4v) is 3.25. The van der Waals surface area contributed by atoms with Gasteiger partial charge in [0.15, 0.2) is 0 Å². The average Bonchev–Trinajstić information content (AvgIpc) is 2.82. The van der Waals surface area contributed by atoms with Crippen molar-refractivity contribution in [2.75, 3.05) is 19.1 Å². The van der Waals surface area contributed by atoms with Gasteiger partial charge in [0, 0.05) is 17.3 Å². The van der Waals surface area contributed by atoms with Crippen LogP contribution in [0.2, 0.25) is 5.02 Å². The second kappa shape index (κ2) is 8.15. The molecule has 1 aromatic rings. The number of carbonyl (C=O) groups is 2. The summed E-state index contributed by atoms with van der Waals surface area (Å²) in [5.41, 5.74) is -0.737. The van der Waals surface area contributed by atoms with Crippen LogP contribution >= 0.6 is 27.5 Å². The Morgan fingerprint density at radius 1 is 1.19 bits per heavy atom. The third-order valence-corrected chi connectivity index (χ3v) is 4.16. The molecule has 1 aliphatic heterocycles. The lowest BCUT2D eigenvalue weighted by molar-refractivity contribution is -0.384. The number of anilines is 1. The lowest BCUT2D eigenvalue weighted by atomic mass is 10.1. The first kappa shape index (κ1) is 19.7. The van der Waals surface area contributed by atoms with Gasteiger partial charge in [-0.05, 0) is 34.1 Å². The summed E-state index contributed by atoms with van der Waals surface area (Å²) >= 11 is 9.13. The lowest BCUT2D eigenvalue weighted by Gasteiger charge is -2.24. The normalized spacial score (nSPS) is 13.5. The van der Waals surface area contributed by atoms with Gasteiger partial charge in [-0.1, -0.05) is 17.7 Å². The van der Waals surface area contributed by atoms with Crippen molar-refractivity contribution in [1.82, 2.24) is 0 Å². The maximum Gasteiger partial charge on any atom is 0.355 e. The zero-order valence-corrected chi connectivity index (χ0v) is 15.9. The minimum Gasteiger partial charge on any atom is -0.465 e. The van der Waals surface area contributed by atoms with Gasteiger partial charge in [-0.25, -0.2) is 9.59 Å². The third kappa shape index (κ3) is 3.78. The highest BCUT2D eigenvalue weighted by Gasteiger charge is 2.32. The van der Waals surface area contributed by atoms with Crippen LogP contribution in [-0.2, 0) is 19.1 Å². The number of esters is 2. The number of rotatable bonds is 4. The Bertz CT molecular complexity index is 878. The highest BCUT2D eigenvalue weighted by atomic mass is 79.9. The van der Waals surface area contributed by atoms with E-state index < -0.39 is 16.9 Å². The molecule has 0 saturated heterocycles. The Balaban J connectivity index is 2.84. The van der Waals surface area contributed by atoms with E-state index in [4.69, 9.17) is 21.1 Å². The molecule has 10 heteroatoms. The summed E-state index contributed by atoms with van der Waals surface area (Å²) in [6, 6.07) is 2.57. The first-order valence-electron chi connectivity index (χ1n) is 7.00. The number of hydrogen-bond acceptors (Lipinski definition) is 7. The number of benzene rings is 1. The van der Waals surface area contributed by atoms with E-state index in [0.717, 1.165) is 20.3 Å². The SMILES string of the molecule is COC(=O)C1=C(C(=O)OC)N(c2c(Br)cc(Cl)cc2[N+](=O)[O-])C=CC=C1. The summed E-state index contributed by atoms with van der Waals surface area (Å²) in [6.45, 7) is 0. The van der Waals surface area contributed by atoms with Crippen molar-refractivity contribution >= 4 is 50.8 Å². The molecule has 0 spiro atoms. The largest absolute Gasteiger partial charge is 0.465 e. The molecule has 8 nitrogen and oxygen atoms in total. The number of allylic oxidation sites excluding steroid dienone is 2. The van der Waals surface area contributed by atoms with Crippen LogP contribution < -0.4 is 4.90 Å². The molecule has 1 aromatic carbocycles. The van der Waals surface area contributed by atoms with Gasteiger partial charge in [0.1, 0.15) is 11.4 Å². The molecule has 2 rings (SSSR count). The molecule has 0 unspecified atom stereocenters. The monoisotopic (exact) mass is 442 g/mol. The van der Waals surface area contributed by atoms with Gasteiger partial charge in [0.2, 0.25) is 0 Å². The summed E-state index contributed by atoms with van der Waals surface area (Å²) in [5, 5.41) is 11.6. The van der Waals surface area contributed by atoms with Crippen molar-refractivity contribution in [2.45, 2.75) is 0 Å². The van der Waals surface area contributed by atoms with Crippen molar-refractivity contribution < 1.29 is 24.0 Å². The van der Waals surface area contributed by atoms with Crippen LogP contribution in [0.5, 0.6) is 0 Å². The Morgan fingerprint density at radius 3 is 2.42 bits per heavy atom. The van der Waals surface area contributed by atoms with Gasteiger partial charge in [-0.3, -0.25) is 10.1 Å². The Morgan fingerprint density at radius 2 is 1.85 bits per heavy atom. The van der Waals surface area contributed by atoms with Crippen LogP contribution in [0.25, 0.3) is 0 Å². The highest BCUT2D eigenvalue weighted by Crippen LogP contribution is 2.41. The van der Waals surface area contributed by atoms with Crippen molar-refractivity contribution in [2.24, 2.45) is 0 Å². The maximum atomic E-state index is 12.4. The molecule has 0 aliphatic carbocycles. The molecule has 1 heterocycles. The van der Waals surface area contributed by atoms with E-state index in [2.05, 4.69) is 15.9 Å². The highest BCUT2D eigenvalue weighted by molar-refractivity contribution is 9.10. The second-order valence-corrected chi connectivity index (χ2v) is 6.12. The Kier molecular flexibility index (Phi) is 6.17. The molecule has 136 valence electrons. The second-order valence-electron chi connectivity index (χ2n) is 4.83. The Hall–Kier alpha value is -2.65. The summed E-state index contributed by atoms with van der Waals surface area (Å²) in [6.07, 6.45) is 5.73. The van der Waals surface area contributed by atoms with Gasteiger partial charge in [-0.15, -0.1) is 0 Å². The number of halogens is 2. The fraction of sp³-hybridized carbons (Fsp3) is 0.125. The summed E-state index contributed by atoms with van der Waals surface area (Å²) in [4.78, 5) is 36.5. The van der Waals surface area contributed by atoms with Crippen LogP contribution in [0, 0.1) is 10.1 Å². The Labute approximate surface area is 161 Å². The number of ether oxygens (including phenoxy) is 2. The fourth-order valence-electron chi connectivity index (χ4n) is 2.27. The first-order chi connectivity index (χ1) is 12.3. The van der Waals surface area contributed by atoms with Crippen LogP contribution in [0.15, 0.2) is 52.3 Å². The molecule has 0 radical (unpaired) electrons. The van der Waals surface area contributed by atoms with Crippen molar-refractivity contribution in [1.29, 1.82) is 0 Å². The number of nitro groups is 1. The molecule has 0 aromatic heterocycles. The van der Waals surface area contributed by atoms with Crippen LogP contribution in [0.4, 0.5) is 11.4 Å². The lowest BCUT2D eigenvalue weighted by Crippen LogP contribution is -2.27. The van der Waals surface area contributed by atoms with Gasteiger partial charge in [0.25, 0.3) is 5.69 Å². The summed E-state index contributed by atoms with van der Waals surface area (Å²) < 4.78 is 9.71. The standard InChI is InChI=1S/C16H12BrClN2O6/c1-25-15(21)10-5-3-4-6-19(13(10)16(22)26-2)14-11(17)7-9(18)8-12(14)20(23)24/h3-8H,1-2H3. The molecule has 0 fully saturated rings. The van der Waals surface area contributed by atoms with Gasteiger partial charge >= 0.3 is 11.9 Å². The average molecular weight is 444 g/mol. The topological polar surface area (TPSA) is 99.0 Å². The molecular weight excluding hydrogens is 432 g/mol. The van der Waals surface area contributed by atoms with E-state index in [1.807, 2.05) is 0 Å². The van der Waals surface area contributed by atoms with E-state index in [9.17, 15) is 19.7 Å². The molecular formula is C16H12BrClN2O6. The van der Waals surface area contributed by atoms with E-state index in [-0.39, 0.29) is 32.1 Å². The van der Waals surface area contributed by atoms with E-state index in [0.29, 0.717) is 0 Å². The third-order valence-electron chi connectivity index (χ3n) is 3.33. The van der Waals surface area contributed by atoms with Crippen molar-refractivity contribution in [3.8, 4) is 0 Å². The first-order valence-corrected chi connectivity index (χ1v) is 8.17. The smallest absolute Gasteiger partial charge is 0.355 e. The zero-order chi connectivity index (χ0) is 19.4. The number of nitro benzene ring substituents is 1. The minimum absolute atomic E-state index is 0.00107. The van der Waals surface area contributed by atoms with Crippen LogP contribution in [-0.4, -0.2) is 31.1 Å². The van der Waals surface area contributed by atoms with Crippen molar-refractivity contribution in [3.05, 3.63) is 67.4 Å². The van der Waals surface area contributed by atoms with E-state index in [1.165, 1.54) is 35.4 Å². The van der Waals surface area contributed by atoms with Gasteiger partial charge in [-0.2, -0.15) is 0 Å². The maximum absolute atomic E-state index is 12.4. The molecule has 0 atom stereocenters. The van der Waals surface area contributed by atoms with Gasteiger partial charge in [0.05, 0.1) is 29.2 Å². The molecule has 0 N–H and O–H groups in total. The number of hydrogen-bond donors (Lipinski definition) is 0. The van der Waals surface area contributed by atoms with Crippen LogP contribution in [0.1, 0.15) is 0 Å². The molecule has 26 heavy (non-hydrogen) atoms. The predicted octanol–water partition coefficient (Wildman–Crippen LogP) is 3.50. The number of nitrogens with zero attached hydrogens (tertiary/aromatic N) is 2. The summed E-state index contributed by atoms with van der Waals surface area (Å²) in [5.74, 6) is -1.68.